The molecule has 3 nitrogen and oxygen atoms in total. The van der Waals surface area contributed by atoms with Gasteiger partial charge in [-0.3, -0.25) is 4.90 Å². The van der Waals surface area contributed by atoms with E-state index in [9.17, 15) is 0 Å². The van der Waals surface area contributed by atoms with Gasteiger partial charge in [0.2, 0.25) is 0 Å². The smallest absolute Gasteiger partial charge is 0.104 e. The van der Waals surface area contributed by atoms with Crippen LogP contribution >= 0.6 is 12.2 Å². The summed E-state index contributed by atoms with van der Waals surface area (Å²) >= 11 is 5.06. The van der Waals surface area contributed by atoms with Crippen molar-refractivity contribution in [3.63, 3.8) is 0 Å². The normalized spacial score (nSPS) is 19.2. The van der Waals surface area contributed by atoms with Crippen molar-refractivity contribution in [1.29, 1.82) is 0 Å². The van der Waals surface area contributed by atoms with E-state index in [1.165, 1.54) is 25.1 Å². The molecule has 0 spiro atoms. The Labute approximate surface area is 127 Å². The first kappa shape index (κ1) is 15.3. The lowest BCUT2D eigenvalue weighted by molar-refractivity contribution is 0.270. The average molecular weight is 291 g/mol. The lowest BCUT2D eigenvalue weighted by atomic mass is 10.1. The van der Waals surface area contributed by atoms with Crippen molar-refractivity contribution >= 4 is 22.9 Å². The molecule has 1 heterocycles. The first-order chi connectivity index (χ1) is 9.52. The Bertz CT molecular complexity index is 487. The maximum Gasteiger partial charge on any atom is 0.104 e. The summed E-state index contributed by atoms with van der Waals surface area (Å²) < 4.78 is 0. The summed E-state index contributed by atoms with van der Waals surface area (Å²) in [5.41, 5.74) is 9.09. The van der Waals surface area contributed by atoms with Crippen molar-refractivity contribution < 1.29 is 0 Å². The van der Waals surface area contributed by atoms with E-state index in [4.69, 9.17) is 18.0 Å². The largest absolute Gasteiger partial charge is 0.389 e. The Morgan fingerprint density at radius 3 is 2.85 bits per heavy atom. The fourth-order valence-corrected chi connectivity index (χ4v) is 3.33. The van der Waals surface area contributed by atoms with Crippen LogP contribution in [-0.4, -0.2) is 42.6 Å². The zero-order valence-electron chi connectivity index (χ0n) is 12.7. The number of nitrogens with two attached hydrogens (primary N) is 1. The van der Waals surface area contributed by atoms with Crippen LogP contribution in [0.4, 0.5) is 5.69 Å². The van der Waals surface area contributed by atoms with Gasteiger partial charge >= 0.3 is 0 Å². The van der Waals surface area contributed by atoms with Gasteiger partial charge in [-0.05, 0) is 56.6 Å². The van der Waals surface area contributed by atoms with Crippen LogP contribution in [0.2, 0.25) is 0 Å². The van der Waals surface area contributed by atoms with E-state index in [0.29, 0.717) is 11.0 Å². The molecule has 0 aliphatic carbocycles. The maximum atomic E-state index is 5.72. The zero-order chi connectivity index (χ0) is 14.7. The second-order valence-electron chi connectivity index (χ2n) is 5.67. The Kier molecular flexibility index (Phi) is 5.00. The minimum absolute atomic E-state index is 0.477. The first-order valence-corrected chi connectivity index (χ1v) is 7.79. The van der Waals surface area contributed by atoms with Crippen LogP contribution in [0.25, 0.3) is 0 Å². The Balaban J connectivity index is 2.07. The van der Waals surface area contributed by atoms with Crippen molar-refractivity contribution in [3.8, 4) is 0 Å². The van der Waals surface area contributed by atoms with Crippen molar-refractivity contribution in [2.45, 2.75) is 32.7 Å². The lowest BCUT2D eigenvalue weighted by Crippen LogP contribution is -2.38. The van der Waals surface area contributed by atoms with Crippen molar-refractivity contribution in [3.05, 3.63) is 29.3 Å². The second-order valence-corrected chi connectivity index (χ2v) is 6.11. The standard InChI is InChI=1S/C16H25N3S/c1-4-19-9-5-6-14(19)11-18(3)13-7-8-15(16(17)20)12(2)10-13/h7-8,10,14H,4-6,9,11H2,1-3H3,(H2,17,20). The predicted molar refractivity (Wildman–Crippen MR) is 90.6 cm³/mol. The Morgan fingerprint density at radius 1 is 1.50 bits per heavy atom. The molecular formula is C16H25N3S. The molecule has 1 fully saturated rings. The molecular weight excluding hydrogens is 266 g/mol. The molecule has 0 aromatic heterocycles. The van der Waals surface area contributed by atoms with E-state index >= 15 is 0 Å². The number of aryl methyl sites for hydroxylation is 1. The summed E-state index contributed by atoms with van der Waals surface area (Å²) in [5.74, 6) is 0. The second kappa shape index (κ2) is 6.55. The summed E-state index contributed by atoms with van der Waals surface area (Å²) in [6.07, 6.45) is 2.63. The monoisotopic (exact) mass is 291 g/mol. The molecule has 20 heavy (non-hydrogen) atoms. The number of likely N-dealkylation sites (tertiary alicyclic amines) is 1. The van der Waals surface area contributed by atoms with Crippen LogP contribution in [0.1, 0.15) is 30.9 Å². The van der Waals surface area contributed by atoms with Gasteiger partial charge in [0.1, 0.15) is 4.99 Å². The molecule has 2 N–H and O–H groups in total. The van der Waals surface area contributed by atoms with Gasteiger partial charge in [0.15, 0.2) is 0 Å². The van der Waals surface area contributed by atoms with Crippen LogP contribution in [-0.2, 0) is 0 Å². The topological polar surface area (TPSA) is 32.5 Å². The predicted octanol–water partition coefficient (Wildman–Crippen LogP) is 2.55. The Hall–Kier alpha value is -1.13. The number of benzene rings is 1. The highest BCUT2D eigenvalue weighted by Gasteiger charge is 2.24. The number of nitrogens with zero attached hydrogens (tertiary/aromatic N) is 2. The van der Waals surface area contributed by atoms with E-state index in [0.717, 1.165) is 24.2 Å². The van der Waals surface area contributed by atoms with Gasteiger partial charge in [0.25, 0.3) is 0 Å². The van der Waals surface area contributed by atoms with Crippen LogP contribution in [0, 0.1) is 6.92 Å². The highest BCUT2D eigenvalue weighted by molar-refractivity contribution is 7.80. The minimum Gasteiger partial charge on any atom is -0.389 e. The summed E-state index contributed by atoms with van der Waals surface area (Å²) in [5, 5.41) is 0. The molecule has 4 heteroatoms. The van der Waals surface area contributed by atoms with Gasteiger partial charge in [-0.25, -0.2) is 0 Å². The van der Waals surface area contributed by atoms with Crippen LogP contribution in [0.5, 0.6) is 0 Å². The number of rotatable bonds is 5. The zero-order valence-corrected chi connectivity index (χ0v) is 13.5. The molecule has 0 bridgehead atoms. The van der Waals surface area contributed by atoms with Crippen molar-refractivity contribution in [1.82, 2.24) is 4.90 Å². The molecule has 1 aromatic rings. The van der Waals surface area contributed by atoms with E-state index in [-0.39, 0.29) is 0 Å². The number of likely N-dealkylation sites (N-methyl/N-ethyl adjacent to an activating group) is 2. The quantitative estimate of drug-likeness (QED) is 0.845. The fraction of sp³-hybridized carbons (Fsp3) is 0.562. The number of thiocarbonyl (C=S) groups is 1. The van der Waals surface area contributed by atoms with Crippen molar-refractivity contribution in [2.24, 2.45) is 5.73 Å². The third kappa shape index (κ3) is 3.30. The molecule has 1 saturated heterocycles. The molecule has 0 amide bonds. The van der Waals surface area contributed by atoms with Gasteiger partial charge < -0.3 is 10.6 Å². The minimum atomic E-state index is 0.477. The lowest BCUT2D eigenvalue weighted by Gasteiger charge is -2.29. The average Bonchev–Trinajstić information content (AvgIpc) is 2.85. The van der Waals surface area contributed by atoms with Crippen LogP contribution in [0.15, 0.2) is 18.2 Å². The number of anilines is 1. The maximum absolute atomic E-state index is 5.72. The van der Waals surface area contributed by atoms with Crippen LogP contribution < -0.4 is 10.6 Å². The number of hydrogen-bond acceptors (Lipinski definition) is 3. The molecule has 1 atom stereocenters. The van der Waals surface area contributed by atoms with Gasteiger partial charge in [-0.15, -0.1) is 0 Å². The van der Waals surface area contributed by atoms with Crippen molar-refractivity contribution in [2.75, 3.05) is 31.6 Å². The van der Waals surface area contributed by atoms with Gasteiger partial charge in [-0.2, -0.15) is 0 Å². The van der Waals surface area contributed by atoms with E-state index < -0.39 is 0 Å². The summed E-state index contributed by atoms with van der Waals surface area (Å²) in [6.45, 7) is 7.80. The molecule has 0 radical (unpaired) electrons. The van der Waals surface area contributed by atoms with E-state index in [1.54, 1.807) is 0 Å². The molecule has 0 saturated carbocycles. The van der Waals surface area contributed by atoms with Gasteiger partial charge in [0, 0.05) is 30.9 Å². The molecule has 1 unspecified atom stereocenters. The fourth-order valence-electron chi connectivity index (χ4n) is 3.10. The van der Waals surface area contributed by atoms with Gasteiger partial charge in [-0.1, -0.05) is 19.1 Å². The summed E-state index contributed by atoms with van der Waals surface area (Å²) in [7, 11) is 2.17. The highest BCUT2D eigenvalue weighted by atomic mass is 32.1. The SMILES string of the molecule is CCN1CCCC1CN(C)c1ccc(C(N)=S)c(C)c1. The third-order valence-electron chi connectivity index (χ3n) is 4.31. The van der Waals surface area contributed by atoms with E-state index in [1.807, 2.05) is 6.07 Å². The first-order valence-electron chi connectivity index (χ1n) is 7.38. The third-order valence-corrected chi connectivity index (χ3v) is 4.53. The molecule has 1 aliphatic heterocycles. The molecule has 1 aliphatic rings. The number of hydrogen-bond donors (Lipinski definition) is 1. The van der Waals surface area contributed by atoms with Crippen LogP contribution in [0.3, 0.4) is 0 Å². The summed E-state index contributed by atoms with van der Waals surface area (Å²) in [6, 6.07) is 7.02. The Morgan fingerprint density at radius 2 is 2.25 bits per heavy atom. The summed E-state index contributed by atoms with van der Waals surface area (Å²) in [4.78, 5) is 5.39. The molecule has 1 aromatic carbocycles. The van der Waals surface area contributed by atoms with E-state index in [2.05, 4.69) is 42.8 Å². The molecule has 110 valence electrons. The molecule has 2 rings (SSSR count). The highest BCUT2D eigenvalue weighted by Crippen LogP contribution is 2.22. The van der Waals surface area contributed by atoms with Gasteiger partial charge in [0.05, 0.1) is 0 Å².